The molecule has 1 aromatic carbocycles. The molecule has 1 atom stereocenters. The number of aryl methyl sites for hydroxylation is 1. The molecule has 0 aliphatic heterocycles. The van der Waals surface area contributed by atoms with Crippen molar-refractivity contribution in [2.75, 3.05) is 0 Å². The minimum absolute atomic E-state index is 0.0200. The highest BCUT2D eigenvalue weighted by Gasteiger charge is 2.09. The second kappa shape index (κ2) is 5.10. The first kappa shape index (κ1) is 12.4. The van der Waals surface area contributed by atoms with Crippen molar-refractivity contribution in [2.24, 2.45) is 0 Å². The number of aromatic hydroxyl groups is 2. The zero-order valence-electron chi connectivity index (χ0n) is 10.3. The summed E-state index contributed by atoms with van der Waals surface area (Å²) in [7, 11) is 0. The third-order valence-corrected chi connectivity index (χ3v) is 2.68. The van der Waals surface area contributed by atoms with Crippen LogP contribution in [0.25, 0.3) is 0 Å². The smallest absolute Gasteiger partial charge is 0.150 e. The molecule has 0 aliphatic rings. The maximum absolute atomic E-state index is 9.42. The number of nitrogens with one attached hydrogen (secondary N) is 1. The zero-order valence-corrected chi connectivity index (χ0v) is 10.3. The van der Waals surface area contributed by atoms with Crippen LogP contribution in [-0.2, 0) is 6.54 Å². The summed E-state index contributed by atoms with van der Waals surface area (Å²) < 4.78 is 5.09. The quantitative estimate of drug-likeness (QED) is 0.773. The molecule has 18 heavy (non-hydrogen) atoms. The zero-order chi connectivity index (χ0) is 13.1. The third-order valence-electron chi connectivity index (χ3n) is 2.68. The Hall–Kier alpha value is -2.01. The van der Waals surface area contributed by atoms with Crippen molar-refractivity contribution >= 4 is 0 Å². The molecule has 1 heterocycles. The van der Waals surface area contributed by atoms with Crippen molar-refractivity contribution < 1.29 is 14.7 Å². The molecule has 0 amide bonds. The van der Waals surface area contributed by atoms with Gasteiger partial charge in [0, 0.05) is 18.2 Å². The average Bonchev–Trinajstić information content (AvgIpc) is 2.70. The number of hydrogen-bond donors (Lipinski definition) is 3. The minimum Gasteiger partial charge on any atom is -0.508 e. The lowest BCUT2D eigenvalue weighted by atomic mass is 10.1. The predicted molar refractivity (Wildman–Crippen MR) is 66.3 cm³/mol. The number of benzene rings is 1. The van der Waals surface area contributed by atoms with Gasteiger partial charge in [0.1, 0.15) is 11.5 Å². The third kappa shape index (κ3) is 3.01. The lowest BCUT2D eigenvalue weighted by molar-refractivity contribution is 0.363. The molecule has 1 aromatic heterocycles. The lowest BCUT2D eigenvalue weighted by Crippen LogP contribution is -2.17. The van der Waals surface area contributed by atoms with Crippen LogP contribution in [0, 0.1) is 6.92 Å². The highest BCUT2D eigenvalue weighted by Crippen LogP contribution is 2.24. The van der Waals surface area contributed by atoms with Crippen molar-refractivity contribution in [3.8, 4) is 11.5 Å². The summed E-state index contributed by atoms with van der Waals surface area (Å²) in [5.41, 5.74) is 1.65. The minimum atomic E-state index is -0.0200. The normalized spacial score (nSPS) is 12.6. The molecule has 1 unspecified atom stereocenters. The van der Waals surface area contributed by atoms with E-state index in [-0.39, 0.29) is 17.5 Å². The van der Waals surface area contributed by atoms with Crippen LogP contribution in [0.3, 0.4) is 0 Å². The fourth-order valence-electron chi connectivity index (χ4n) is 1.74. The number of phenols is 2. The second-order valence-electron chi connectivity index (χ2n) is 4.32. The highest BCUT2D eigenvalue weighted by atomic mass is 16.5. The van der Waals surface area contributed by atoms with Crippen LogP contribution in [0.4, 0.5) is 0 Å². The van der Waals surface area contributed by atoms with Gasteiger partial charge in [-0.05, 0) is 31.5 Å². The molecule has 0 bridgehead atoms. The molecule has 0 aliphatic carbocycles. The molecule has 2 aromatic rings. The van der Waals surface area contributed by atoms with Gasteiger partial charge >= 0.3 is 0 Å². The Balaban J connectivity index is 2.01. The van der Waals surface area contributed by atoms with Crippen LogP contribution in [0.2, 0.25) is 0 Å². The van der Waals surface area contributed by atoms with Crippen molar-refractivity contribution in [1.82, 2.24) is 10.5 Å². The van der Waals surface area contributed by atoms with Gasteiger partial charge in [0.15, 0.2) is 5.76 Å². The summed E-state index contributed by atoms with van der Waals surface area (Å²) in [6, 6.07) is 6.37. The number of phenolic OH excluding ortho intramolecular Hbond substituents is 2. The van der Waals surface area contributed by atoms with E-state index in [1.165, 1.54) is 6.07 Å². The van der Waals surface area contributed by atoms with Crippen molar-refractivity contribution in [2.45, 2.75) is 26.4 Å². The monoisotopic (exact) mass is 248 g/mol. The van der Waals surface area contributed by atoms with Gasteiger partial charge in [-0.25, -0.2) is 0 Å². The van der Waals surface area contributed by atoms with Crippen LogP contribution in [0.1, 0.15) is 30.0 Å². The number of hydrogen-bond acceptors (Lipinski definition) is 5. The Bertz CT molecular complexity index is 517. The molecule has 5 nitrogen and oxygen atoms in total. The summed E-state index contributed by atoms with van der Waals surface area (Å²) in [5, 5.41) is 25.9. The Kier molecular flexibility index (Phi) is 3.53. The molecule has 0 fully saturated rings. The van der Waals surface area contributed by atoms with Gasteiger partial charge in [-0.3, -0.25) is 0 Å². The molecule has 5 heteroatoms. The first-order valence-electron chi connectivity index (χ1n) is 5.73. The van der Waals surface area contributed by atoms with E-state index in [1.807, 2.05) is 19.9 Å². The Morgan fingerprint density at radius 1 is 1.22 bits per heavy atom. The first-order chi connectivity index (χ1) is 8.54. The lowest BCUT2D eigenvalue weighted by Gasteiger charge is -2.13. The first-order valence-corrected chi connectivity index (χ1v) is 5.73. The van der Waals surface area contributed by atoms with E-state index in [1.54, 1.807) is 12.1 Å². The fraction of sp³-hybridized carbons (Fsp3) is 0.308. The Labute approximate surface area is 105 Å². The standard InChI is InChI=1S/C13H16N2O3/c1-8-3-13(18-15-8)7-14-9(2)10-4-11(16)6-12(17)5-10/h3-6,9,14,16-17H,7H2,1-2H3. The van der Waals surface area contributed by atoms with Crippen LogP contribution in [-0.4, -0.2) is 15.4 Å². The second-order valence-corrected chi connectivity index (χ2v) is 4.32. The van der Waals surface area contributed by atoms with E-state index in [4.69, 9.17) is 4.52 Å². The molecular weight excluding hydrogens is 232 g/mol. The molecular formula is C13H16N2O3. The van der Waals surface area contributed by atoms with Gasteiger partial charge in [-0.1, -0.05) is 5.16 Å². The van der Waals surface area contributed by atoms with Gasteiger partial charge in [0.2, 0.25) is 0 Å². The number of nitrogens with zero attached hydrogens (tertiary/aromatic N) is 1. The molecule has 3 N–H and O–H groups in total. The van der Waals surface area contributed by atoms with Gasteiger partial charge in [0.05, 0.1) is 12.2 Å². The van der Waals surface area contributed by atoms with E-state index < -0.39 is 0 Å². The van der Waals surface area contributed by atoms with Crippen LogP contribution >= 0.6 is 0 Å². The van der Waals surface area contributed by atoms with Crippen LogP contribution in [0.5, 0.6) is 11.5 Å². The molecule has 0 radical (unpaired) electrons. The van der Waals surface area contributed by atoms with E-state index in [0.717, 1.165) is 17.0 Å². The predicted octanol–water partition coefficient (Wildman–Crippen LogP) is 2.25. The van der Waals surface area contributed by atoms with E-state index in [2.05, 4.69) is 10.5 Å². The van der Waals surface area contributed by atoms with Gasteiger partial charge in [-0.15, -0.1) is 0 Å². The maximum Gasteiger partial charge on any atom is 0.150 e. The summed E-state index contributed by atoms with van der Waals surface area (Å²) in [4.78, 5) is 0. The number of rotatable bonds is 4. The van der Waals surface area contributed by atoms with Gasteiger partial charge < -0.3 is 20.1 Å². The van der Waals surface area contributed by atoms with Gasteiger partial charge in [0.25, 0.3) is 0 Å². The Morgan fingerprint density at radius 3 is 2.44 bits per heavy atom. The number of aromatic nitrogens is 1. The van der Waals surface area contributed by atoms with Gasteiger partial charge in [-0.2, -0.15) is 0 Å². The van der Waals surface area contributed by atoms with E-state index in [0.29, 0.717) is 6.54 Å². The molecule has 0 saturated carbocycles. The SMILES string of the molecule is Cc1cc(CNC(C)c2cc(O)cc(O)c2)on1. The van der Waals surface area contributed by atoms with E-state index >= 15 is 0 Å². The van der Waals surface area contributed by atoms with Crippen molar-refractivity contribution in [1.29, 1.82) is 0 Å². The molecule has 2 rings (SSSR count). The van der Waals surface area contributed by atoms with Crippen molar-refractivity contribution in [3.63, 3.8) is 0 Å². The molecule has 0 saturated heterocycles. The average molecular weight is 248 g/mol. The summed E-state index contributed by atoms with van der Waals surface area (Å²) in [6.07, 6.45) is 0. The molecule has 96 valence electrons. The fourth-order valence-corrected chi connectivity index (χ4v) is 1.74. The summed E-state index contributed by atoms with van der Waals surface area (Å²) in [6.45, 7) is 4.35. The van der Waals surface area contributed by atoms with Crippen LogP contribution in [0.15, 0.2) is 28.8 Å². The summed E-state index contributed by atoms with van der Waals surface area (Å²) >= 11 is 0. The molecule has 0 spiro atoms. The van der Waals surface area contributed by atoms with Crippen molar-refractivity contribution in [3.05, 3.63) is 41.3 Å². The maximum atomic E-state index is 9.42. The topological polar surface area (TPSA) is 78.5 Å². The highest BCUT2D eigenvalue weighted by molar-refractivity contribution is 5.37. The van der Waals surface area contributed by atoms with E-state index in [9.17, 15) is 10.2 Å². The summed E-state index contributed by atoms with van der Waals surface area (Å²) in [5.74, 6) is 0.854. The van der Waals surface area contributed by atoms with Crippen LogP contribution < -0.4 is 5.32 Å². The Morgan fingerprint density at radius 2 is 1.89 bits per heavy atom. The largest absolute Gasteiger partial charge is 0.508 e.